The molecule has 0 bridgehead atoms. The maximum atomic E-state index is 10.8. The maximum Gasteiger partial charge on any atom is 0.131 e. The summed E-state index contributed by atoms with van der Waals surface area (Å²) in [7, 11) is 0. The van der Waals surface area contributed by atoms with Crippen LogP contribution in [0.15, 0.2) is 0 Å². The highest BCUT2D eigenvalue weighted by molar-refractivity contribution is 4.99. The highest BCUT2D eigenvalue weighted by Crippen LogP contribution is 2.30. The first-order chi connectivity index (χ1) is 14.9. The molecule has 0 amide bonds. The van der Waals surface area contributed by atoms with Gasteiger partial charge in [-0.15, -0.1) is 0 Å². The molecule has 0 saturated heterocycles. The molecule has 0 aliphatic rings. The molecule has 3 nitrogen and oxygen atoms in total. The summed E-state index contributed by atoms with van der Waals surface area (Å²) >= 11 is 0. The second-order valence-electron chi connectivity index (χ2n) is 10.3. The van der Waals surface area contributed by atoms with Crippen LogP contribution in [-0.2, 0) is 0 Å². The topological polar surface area (TPSA) is 72.3 Å². The van der Waals surface area contributed by atoms with Crippen molar-refractivity contribution in [3.63, 3.8) is 0 Å². The van der Waals surface area contributed by atoms with Gasteiger partial charge in [0.25, 0.3) is 0 Å². The van der Waals surface area contributed by atoms with Gasteiger partial charge in [-0.1, -0.05) is 149 Å². The lowest BCUT2D eigenvalue weighted by atomic mass is 9.77. The molecule has 3 heteroatoms. The number of nitrogens with two attached hydrogens (primary N) is 2. The van der Waals surface area contributed by atoms with Crippen molar-refractivity contribution in [1.29, 1.82) is 0 Å². The molecule has 31 heavy (non-hydrogen) atoms. The molecule has 0 aliphatic carbocycles. The van der Waals surface area contributed by atoms with Crippen LogP contribution in [0.3, 0.4) is 0 Å². The van der Waals surface area contributed by atoms with Gasteiger partial charge in [0.2, 0.25) is 0 Å². The maximum absolute atomic E-state index is 10.8. The van der Waals surface area contributed by atoms with Crippen LogP contribution in [0.5, 0.6) is 0 Å². The standard InChI is InChI=1S/C28H60N2O/c1-4-7-9-11-13-15-17-19-21-23-25-27(29,28(30,31)6-3)26-24-22-20-18-16-14-12-10-8-5-2/h31H,4-26,29-30H2,1-3H3. The van der Waals surface area contributed by atoms with Crippen molar-refractivity contribution < 1.29 is 5.11 Å². The van der Waals surface area contributed by atoms with Crippen molar-refractivity contribution in [2.24, 2.45) is 11.5 Å². The van der Waals surface area contributed by atoms with E-state index in [0.717, 1.165) is 25.7 Å². The lowest BCUT2D eigenvalue weighted by Gasteiger charge is -2.42. The van der Waals surface area contributed by atoms with Gasteiger partial charge in [-0.25, -0.2) is 0 Å². The van der Waals surface area contributed by atoms with Crippen molar-refractivity contribution in [1.82, 2.24) is 0 Å². The van der Waals surface area contributed by atoms with Crippen molar-refractivity contribution >= 4 is 0 Å². The van der Waals surface area contributed by atoms with E-state index < -0.39 is 11.3 Å². The molecular weight excluding hydrogens is 380 g/mol. The molecule has 1 unspecified atom stereocenters. The molecule has 0 fully saturated rings. The van der Waals surface area contributed by atoms with E-state index in [4.69, 9.17) is 11.5 Å². The third-order valence-electron chi connectivity index (χ3n) is 7.35. The second kappa shape index (κ2) is 20.5. The number of aliphatic hydroxyl groups is 1. The van der Waals surface area contributed by atoms with Gasteiger partial charge in [0.1, 0.15) is 5.72 Å². The normalized spacial score (nSPS) is 14.1. The van der Waals surface area contributed by atoms with Gasteiger partial charge in [-0.3, -0.25) is 0 Å². The third kappa shape index (κ3) is 16.2. The Labute approximate surface area is 196 Å². The SMILES string of the molecule is CCCCCCCCCCCCC(N)(CCCCCCCCCCCC)C(N)(O)CC. The summed E-state index contributed by atoms with van der Waals surface area (Å²) in [6, 6.07) is 0. The van der Waals surface area contributed by atoms with Crippen LogP contribution in [-0.4, -0.2) is 16.4 Å². The highest BCUT2D eigenvalue weighted by Gasteiger charge is 2.42. The predicted octanol–water partition coefficient (Wildman–Crippen LogP) is 8.36. The minimum atomic E-state index is -1.24. The zero-order valence-electron chi connectivity index (χ0n) is 21.9. The smallest absolute Gasteiger partial charge is 0.131 e. The molecule has 1 atom stereocenters. The fraction of sp³-hybridized carbons (Fsp3) is 1.00. The molecule has 0 spiro atoms. The molecule has 0 rings (SSSR count). The first-order valence-corrected chi connectivity index (χ1v) is 14.2. The van der Waals surface area contributed by atoms with Crippen LogP contribution < -0.4 is 11.5 Å². The summed E-state index contributed by atoms with van der Waals surface area (Å²) in [4.78, 5) is 0. The van der Waals surface area contributed by atoms with Gasteiger partial charge < -0.3 is 16.6 Å². The van der Waals surface area contributed by atoms with Crippen LogP contribution in [0.25, 0.3) is 0 Å². The van der Waals surface area contributed by atoms with E-state index in [0.29, 0.717) is 6.42 Å². The first-order valence-electron chi connectivity index (χ1n) is 14.2. The summed E-state index contributed by atoms with van der Waals surface area (Å²) < 4.78 is 0. The van der Waals surface area contributed by atoms with Crippen LogP contribution in [0, 0.1) is 0 Å². The highest BCUT2D eigenvalue weighted by atomic mass is 16.3. The Kier molecular flexibility index (Phi) is 20.4. The zero-order chi connectivity index (χ0) is 23.3. The minimum absolute atomic E-state index is 0.527. The van der Waals surface area contributed by atoms with Gasteiger partial charge in [0, 0.05) is 0 Å². The zero-order valence-corrected chi connectivity index (χ0v) is 21.9. The number of unbranched alkanes of at least 4 members (excludes halogenated alkanes) is 18. The Morgan fingerprint density at radius 3 is 0.968 bits per heavy atom. The molecular formula is C28H60N2O. The molecule has 0 aromatic carbocycles. The van der Waals surface area contributed by atoms with E-state index in [9.17, 15) is 5.11 Å². The molecule has 0 aromatic heterocycles. The van der Waals surface area contributed by atoms with Crippen molar-refractivity contribution in [3.05, 3.63) is 0 Å². The van der Waals surface area contributed by atoms with E-state index in [1.54, 1.807) is 0 Å². The van der Waals surface area contributed by atoms with Crippen molar-refractivity contribution in [2.45, 2.75) is 180 Å². The van der Waals surface area contributed by atoms with E-state index >= 15 is 0 Å². The Morgan fingerprint density at radius 1 is 0.452 bits per heavy atom. The minimum Gasteiger partial charge on any atom is -0.374 e. The summed E-state index contributed by atoms with van der Waals surface area (Å²) in [5, 5.41) is 10.8. The van der Waals surface area contributed by atoms with E-state index in [1.165, 1.54) is 116 Å². The fourth-order valence-corrected chi connectivity index (χ4v) is 4.77. The van der Waals surface area contributed by atoms with E-state index in [1.807, 2.05) is 6.92 Å². The predicted molar refractivity (Wildman–Crippen MR) is 139 cm³/mol. The molecule has 0 saturated carbocycles. The van der Waals surface area contributed by atoms with Gasteiger partial charge in [-0.2, -0.15) is 0 Å². The quantitative estimate of drug-likeness (QED) is 0.104. The summed E-state index contributed by atoms with van der Waals surface area (Å²) in [6.45, 7) is 6.50. The van der Waals surface area contributed by atoms with Gasteiger partial charge in [0.15, 0.2) is 0 Å². The van der Waals surface area contributed by atoms with Crippen LogP contribution in [0.4, 0.5) is 0 Å². The van der Waals surface area contributed by atoms with Crippen LogP contribution in [0.2, 0.25) is 0 Å². The van der Waals surface area contributed by atoms with E-state index in [2.05, 4.69) is 13.8 Å². The first kappa shape index (κ1) is 30.9. The van der Waals surface area contributed by atoms with Crippen molar-refractivity contribution in [3.8, 4) is 0 Å². The van der Waals surface area contributed by atoms with Crippen LogP contribution >= 0.6 is 0 Å². The summed E-state index contributed by atoms with van der Waals surface area (Å²) in [6.07, 6.45) is 28.6. The average Bonchev–Trinajstić information content (AvgIpc) is 2.76. The molecule has 0 aromatic rings. The Morgan fingerprint density at radius 2 is 0.710 bits per heavy atom. The number of hydrogen-bond acceptors (Lipinski definition) is 3. The van der Waals surface area contributed by atoms with Crippen molar-refractivity contribution in [2.75, 3.05) is 0 Å². The largest absolute Gasteiger partial charge is 0.374 e. The molecule has 188 valence electrons. The van der Waals surface area contributed by atoms with Gasteiger partial charge in [0.05, 0.1) is 5.54 Å². The molecule has 0 radical (unpaired) electrons. The van der Waals surface area contributed by atoms with Crippen LogP contribution in [0.1, 0.15) is 168 Å². The third-order valence-corrected chi connectivity index (χ3v) is 7.35. The fourth-order valence-electron chi connectivity index (χ4n) is 4.77. The lowest BCUT2D eigenvalue weighted by molar-refractivity contribution is -0.0440. The Balaban J connectivity index is 3.96. The van der Waals surface area contributed by atoms with Gasteiger partial charge in [-0.05, 0) is 19.3 Å². The van der Waals surface area contributed by atoms with E-state index in [-0.39, 0.29) is 0 Å². The molecule has 0 aliphatic heterocycles. The number of rotatable bonds is 24. The lowest BCUT2D eigenvalue weighted by Crippen LogP contribution is -2.65. The second-order valence-corrected chi connectivity index (χ2v) is 10.3. The number of hydrogen-bond donors (Lipinski definition) is 3. The molecule has 5 N–H and O–H groups in total. The summed E-state index contributed by atoms with van der Waals surface area (Å²) in [5.41, 5.74) is 11.1. The van der Waals surface area contributed by atoms with Gasteiger partial charge >= 0.3 is 0 Å². The Bertz CT molecular complexity index is 346. The monoisotopic (exact) mass is 440 g/mol. The summed E-state index contributed by atoms with van der Waals surface area (Å²) in [5.74, 6) is 0. The Hall–Kier alpha value is -0.120. The molecule has 0 heterocycles. The average molecular weight is 441 g/mol.